The summed E-state index contributed by atoms with van der Waals surface area (Å²) < 4.78 is 41.9. The van der Waals surface area contributed by atoms with E-state index in [4.69, 9.17) is 14.2 Å². The lowest BCUT2D eigenvalue weighted by atomic mass is 10.1. The molecule has 0 radical (unpaired) electrons. The van der Waals surface area contributed by atoms with Gasteiger partial charge in [0.05, 0.1) is 11.3 Å². The summed E-state index contributed by atoms with van der Waals surface area (Å²) in [5.74, 6) is -0.566. The molecule has 1 heterocycles. The first-order valence-corrected chi connectivity index (χ1v) is 12.4. The Balaban J connectivity index is 1.55. The van der Waals surface area contributed by atoms with Crippen LogP contribution in [0.15, 0.2) is 41.3 Å². The van der Waals surface area contributed by atoms with Crippen molar-refractivity contribution in [3.8, 4) is 11.5 Å². The van der Waals surface area contributed by atoms with Gasteiger partial charge in [-0.05, 0) is 49.7 Å². The third kappa shape index (κ3) is 6.37. The Hall–Kier alpha value is -3.44. The number of sulfonamides is 1. The van der Waals surface area contributed by atoms with Crippen molar-refractivity contribution in [3.63, 3.8) is 0 Å². The van der Waals surface area contributed by atoms with E-state index in [1.165, 1.54) is 33.2 Å². The second kappa shape index (κ2) is 10.9. The van der Waals surface area contributed by atoms with Gasteiger partial charge in [-0.15, -0.1) is 0 Å². The lowest BCUT2D eigenvalue weighted by Crippen LogP contribution is -2.30. The standard InChI is InChI=1S/C24H28N2O8S/c1-15-5-7-18(35(30,31)26(3)4)14-19(15)25-24(29)16(2)34-23(28)10-8-20(27)17-6-9-21-22(13-17)33-12-11-32-21/h5-7,9,13-14,16H,8,10-12H2,1-4H3,(H,25,29). The molecule has 1 aliphatic heterocycles. The number of benzene rings is 2. The summed E-state index contributed by atoms with van der Waals surface area (Å²) in [6.45, 7) is 3.94. The number of amides is 1. The normalized spacial score (nSPS) is 13.7. The van der Waals surface area contributed by atoms with Crippen LogP contribution >= 0.6 is 0 Å². The summed E-state index contributed by atoms with van der Waals surface area (Å²) in [6, 6.07) is 9.19. The molecule has 3 rings (SSSR count). The Bertz CT molecular complexity index is 1240. The molecule has 0 saturated heterocycles. The van der Waals surface area contributed by atoms with Crippen molar-refractivity contribution in [1.82, 2.24) is 4.31 Å². The zero-order valence-electron chi connectivity index (χ0n) is 20.0. The molecule has 0 saturated carbocycles. The first kappa shape index (κ1) is 26.2. The number of anilines is 1. The first-order chi connectivity index (χ1) is 16.5. The monoisotopic (exact) mass is 504 g/mol. The van der Waals surface area contributed by atoms with Crippen molar-refractivity contribution >= 4 is 33.4 Å². The molecule has 0 spiro atoms. The van der Waals surface area contributed by atoms with Gasteiger partial charge in [0.1, 0.15) is 13.2 Å². The molecule has 188 valence electrons. The van der Waals surface area contributed by atoms with E-state index in [1.807, 2.05) is 0 Å². The number of nitrogens with one attached hydrogen (secondary N) is 1. The van der Waals surface area contributed by atoms with E-state index in [0.29, 0.717) is 35.8 Å². The fourth-order valence-corrected chi connectivity index (χ4v) is 4.16. The second-order valence-electron chi connectivity index (χ2n) is 8.17. The number of rotatable bonds is 9. The van der Waals surface area contributed by atoms with Gasteiger partial charge in [0.15, 0.2) is 23.4 Å². The van der Waals surface area contributed by atoms with Crippen molar-refractivity contribution in [2.75, 3.05) is 32.6 Å². The van der Waals surface area contributed by atoms with Gasteiger partial charge < -0.3 is 19.5 Å². The molecule has 2 aromatic carbocycles. The number of fused-ring (bicyclic) bond motifs is 1. The number of Topliss-reactive ketones (excluding diaryl/α,β-unsaturated/α-hetero) is 1. The van der Waals surface area contributed by atoms with Crippen LogP contribution in [-0.2, 0) is 24.3 Å². The number of ketones is 1. The van der Waals surface area contributed by atoms with Gasteiger partial charge in [-0.25, -0.2) is 12.7 Å². The third-order valence-electron chi connectivity index (χ3n) is 5.34. The molecule has 1 unspecified atom stereocenters. The van der Waals surface area contributed by atoms with Gasteiger partial charge in [-0.1, -0.05) is 6.07 Å². The third-order valence-corrected chi connectivity index (χ3v) is 7.15. The summed E-state index contributed by atoms with van der Waals surface area (Å²) >= 11 is 0. The summed E-state index contributed by atoms with van der Waals surface area (Å²) in [6.07, 6.45) is -1.46. The molecule has 1 aliphatic rings. The smallest absolute Gasteiger partial charge is 0.307 e. The second-order valence-corrected chi connectivity index (χ2v) is 10.3. The van der Waals surface area contributed by atoms with Gasteiger partial charge >= 0.3 is 5.97 Å². The van der Waals surface area contributed by atoms with Crippen LogP contribution in [0.25, 0.3) is 0 Å². The van der Waals surface area contributed by atoms with E-state index in [9.17, 15) is 22.8 Å². The fourth-order valence-electron chi connectivity index (χ4n) is 3.23. The maximum Gasteiger partial charge on any atom is 0.307 e. The van der Waals surface area contributed by atoms with Gasteiger partial charge in [-0.3, -0.25) is 14.4 Å². The van der Waals surface area contributed by atoms with E-state index in [0.717, 1.165) is 4.31 Å². The van der Waals surface area contributed by atoms with Crippen LogP contribution in [0.4, 0.5) is 5.69 Å². The van der Waals surface area contributed by atoms with Gasteiger partial charge in [0.25, 0.3) is 5.91 Å². The van der Waals surface area contributed by atoms with Crippen LogP contribution in [0.5, 0.6) is 11.5 Å². The van der Waals surface area contributed by atoms with Crippen LogP contribution in [-0.4, -0.2) is 63.8 Å². The Kier molecular flexibility index (Phi) is 8.13. The van der Waals surface area contributed by atoms with E-state index in [2.05, 4.69) is 5.32 Å². The quantitative estimate of drug-likeness (QED) is 0.408. The maximum absolute atomic E-state index is 12.6. The van der Waals surface area contributed by atoms with Crippen molar-refractivity contribution in [3.05, 3.63) is 47.5 Å². The molecule has 2 aromatic rings. The molecule has 0 bridgehead atoms. The molecule has 1 N–H and O–H groups in total. The molecular formula is C24H28N2O8S. The molecule has 35 heavy (non-hydrogen) atoms. The number of esters is 1. The Morgan fingerprint density at radius 1 is 1.03 bits per heavy atom. The van der Waals surface area contributed by atoms with Crippen molar-refractivity contribution in [2.24, 2.45) is 0 Å². The highest BCUT2D eigenvalue weighted by atomic mass is 32.2. The molecule has 0 fully saturated rings. The highest BCUT2D eigenvalue weighted by molar-refractivity contribution is 7.89. The average Bonchev–Trinajstić information content (AvgIpc) is 2.83. The van der Waals surface area contributed by atoms with Gasteiger partial charge in [0, 0.05) is 31.8 Å². The predicted octanol–water partition coefficient (Wildman–Crippen LogP) is 2.55. The Morgan fingerprint density at radius 3 is 2.40 bits per heavy atom. The van der Waals surface area contributed by atoms with Gasteiger partial charge in [-0.2, -0.15) is 0 Å². The molecule has 11 heteroatoms. The minimum absolute atomic E-state index is 0.0192. The molecule has 1 amide bonds. The maximum atomic E-state index is 12.6. The minimum Gasteiger partial charge on any atom is -0.486 e. The molecule has 10 nitrogen and oxygen atoms in total. The summed E-state index contributed by atoms with van der Waals surface area (Å²) in [4.78, 5) is 37.2. The number of carbonyl (C=O) groups is 3. The summed E-state index contributed by atoms with van der Waals surface area (Å²) in [5.41, 5.74) is 1.31. The largest absolute Gasteiger partial charge is 0.486 e. The Morgan fingerprint density at radius 2 is 1.71 bits per heavy atom. The number of aryl methyl sites for hydroxylation is 1. The van der Waals surface area contributed by atoms with Crippen LogP contribution in [0.1, 0.15) is 35.7 Å². The number of nitrogens with zero attached hydrogens (tertiary/aromatic N) is 1. The minimum atomic E-state index is -3.68. The van der Waals surface area contributed by atoms with E-state index >= 15 is 0 Å². The van der Waals surface area contributed by atoms with Crippen LogP contribution < -0.4 is 14.8 Å². The van der Waals surface area contributed by atoms with Crippen molar-refractivity contribution in [1.29, 1.82) is 0 Å². The SMILES string of the molecule is Cc1ccc(S(=O)(=O)N(C)C)cc1NC(=O)C(C)OC(=O)CCC(=O)c1ccc2c(c1)OCCO2. The lowest BCUT2D eigenvalue weighted by Gasteiger charge is -2.18. The van der Waals surface area contributed by atoms with Crippen LogP contribution in [0.3, 0.4) is 0 Å². The number of hydrogen-bond donors (Lipinski definition) is 1. The topological polar surface area (TPSA) is 128 Å². The predicted molar refractivity (Wildman–Crippen MR) is 127 cm³/mol. The van der Waals surface area contributed by atoms with Crippen molar-refractivity contribution in [2.45, 2.75) is 37.7 Å². The number of carbonyl (C=O) groups excluding carboxylic acids is 3. The van der Waals surface area contributed by atoms with Gasteiger partial charge in [0.2, 0.25) is 10.0 Å². The lowest BCUT2D eigenvalue weighted by molar-refractivity contribution is -0.153. The highest BCUT2D eigenvalue weighted by Gasteiger charge is 2.22. The Labute approximate surface area is 204 Å². The first-order valence-electron chi connectivity index (χ1n) is 11.0. The molecule has 1 atom stereocenters. The van der Waals surface area contributed by atoms with Crippen LogP contribution in [0, 0.1) is 6.92 Å². The molecule has 0 aliphatic carbocycles. The molecule has 0 aromatic heterocycles. The van der Waals surface area contributed by atoms with E-state index in [-0.39, 0.29) is 29.2 Å². The number of hydrogen-bond acceptors (Lipinski definition) is 8. The highest BCUT2D eigenvalue weighted by Crippen LogP contribution is 2.31. The van der Waals surface area contributed by atoms with E-state index in [1.54, 1.807) is 31.2 Å². The van der Waals surface area contributed by atoms with Crippen molar-refractivity contribution < 1.29 is 37.0 Å². The van der Waals surface area contributed by atoms with Crippen LogP contribution in [0.2, 0.25) is 0 Å². The molecular weight excluding hydrogens is 476 g/mol. The number of ether oxygens (including phenoxy) is 3. The summed E-state index contributed by atoms with van der Waals surface area (Å²) in [7, 11) is -0.865. The zero-order chi connectivity index (χ0) is 25.8. The summed E-state index contributed by atoms with van der Waals surface area (Å²) in [5, 5.41) is 2.59. The fraction of sp³-hybridized carbons (Fsp3) is 0.375. The average molecular weight is 505 g/mol. The van der Waals surface area contributed by atoms with E-state index < -0.39 is 28.0 Å². The zero-order valence-corrected chi connectivity index (χ0v) is 20.8.